The summed E-state index contributed by atoms with van der Waals surface area (Å²) in [5.74, 6) is -2.54. The van der Waals surface area contributed by atoms with Gasteiger partial charge in [0.2, 0.25) is 23.6 Å². The van der Waals surface area contributed by atoms with Crippen molar-refractivity contribution in [2.75, 3.05) is 5.32 Å². The number of aliphatic hydroxyl groups excluding tert-OH is 1. The smallest absolute Gasteiger partial charge is 0.270 e. The van der Waals surface area contributed by atoms with Gasteiger partial charge in [-0.15, -0.1) is 0 Å². The fraction of sp³-hybridized carbons (Fsp3) is 0.364. The van der Waals surface area contributed by atoms with E-state index in [1.54, 1.807) is 32.0 Å². The molecule has 5 heterocycles. The molecule has 4 aromatic rings. The van der Waals surface area contributed by atoms with Gasteiger partial charge in [-0.3, -0.25) is 14.4 Å². The molecule has 2 aromatic heterocycles. The Morgan fingerprint density at radius 3 is 2.60 bits per heavy atom. The predicted octanol–water partition coefficient (Wildman–Crippen LogP) is 2.92. The molecule has 0 fully saturated rings. The number of aromatic nitrogens is 2. The third-order valence-corrected chi connectivity index (χ3v) is 8.96. The Labute approximate surface area is 268 Å². The molecule has 3 aliphatic rings. The van der Waals surface area contributed by atoms with Gasteiger partial charge in [-0.25, -0.2) is 14.4 Å². The van der Waals surface area contributed by atoms with E-state index in [9.17, 15) is 19.5 Å². The number of aliphatic hydroxyl groups is 1. The Morgan fingerprint density at radius 2 is 1.89 bits per heavy atom. The molecule has 14 heteroatoms. The van der Waals surface area contributed by atoms with Crippen molar-refractivity contribution in [2.45, 2.75) is 63.9 Å². The number of amides is 3. The molecule has 13 nitrogen and oxygen atoms in total. The summed E-state index contributed by atoms with van der Waals surface area (Å²) in [6, 6.07) is 7.75. The SMILES string of the molecule is CC(C)[C@H](O)C(=O)N[C@H]1Cc2ccc3c(c2)[C@@]2(c4cc(F)ccc4N[C@@H]2O3)c2oc(nc2-c2nc(C(N)=O)co2)[C@H](C(C)C)NC1=O. The first-order valence-electron chi connectivity index (χ1n) is 15.3. The highest BCUT2D eigenvalue weighted by molar-refractivity contribution is 5.91. The van der Waals surface area contributed by atoms with Crippen molar-refractivity contribution in [1.29, 1.82) is 0 Å². The third-order valence-electron chi connectivity index (χ3n) is 8.96. The molecule has 7 rings (SSSR count). The van der Waals surface area contributed by atoms with Crippen molar-refractivity contribution in [3.05, 3.63) is 82.5 Å². The zero-order chi connectivity index (χ0) is 33.4. The Bertz CT molecular complexity index is 1940. The van der Waals surface area contributed by atoms with Crippen molar-refractivity contribution in [2.24, 2.45) is 17.6 Å². The lowest BCUT2D eigenvalue weighted by atomic mass is 9.72. The molecule has 2 aromatic carbocycles. The van der Waals surface area contributed by atoms with Gasteiger partial charge in [0.05, 0.1) is 0 Å². The fourth-order valence-corrected chi connectivity index (χ4v) is 6.52. The van der Waals surface area contributed by atoms with Crippen LogP contribution in [0.4, 0.5) is 10.1 Å². The van der Waals surface area contributed by atoms with Gasteiger partial charge in [0, 0.05) is 23.2 Å². The summed E-state index contributed by atoms with van der Waals surface area (Å²) in [6.45, 7) is 7.11. The summed E-state index contributed by atoms with van der Waals surface area (Å²) in [4.78, 5) is 48.0. The van der Waals surface area contributed by atoms with E-state index in [0.717, 1.165) is 6.26 Å². The summed E-state index contributed by atoms with van der Waals surface area (Å²) in [5.41, 5.74) is 6.41. The first-order chi connectivity index (χ1) is 22.4. The second kappa shape index (κ2) is 10.9. The number of rotatable bonds is 6. The van der Waals surface area contributed by atoms with Crippen LogP contribution in [-0.2, 0) is 21.4 Å². The highest BCUT2D eigenvalue weighted by Crippen LogP contribution is 2.59. The maximum atomic E-state index is 15.1. The number of nitrogens with zero attached hydrogens (tertiary/aromatic N) is 2. The zero-order valence-corrected chi connectivity index (χ0v) is 26.0. The van der Waals surface area contributed by atoms with E-state index < -0.39 is 53.4 Å². The van der Waals surface area contributed by atoms with Gasteiger partial charge in [0.1, 0.15) is 41.4 Å². The average molecular weight is 645 g/mol. The van der Waals surface area contributed by atoms with Crippen molar-refractivity contribution in [1.82, 2.24) is 20.6 Å². The molecule has 1 spiro atoms. The van der Waals surface area contributed by atoms with Gasteiger partial charge >= 0.3 is 0 Å². The molecule has 3 aliphatic heterocycles. The standard InChI is InChI=1S/C33H33FN6O7/c1-13(2)23-31-40-24(30-37-21(12-45-30)27(35)42)26(47-31)33-17-11-16(34)6-7-19(17)38-32(33)46-22-8-5-15(9-18(22)33)10-20(28(43)39-23)36-29(44)25(41)14(3)4/h5-9,11-14,20,23,25,32,38,41H,10H2,1-4H3,(H2,35,42)(H,36,44)(H,39,43)/t20-,23-,25-,32+,33-/m0/s1. The molecule has 0 radical (unpaired) electrons. The lowest BCUT2D eigenvalue weighted by Gasteiger charge is -2.29. The lowest BCUT2D eigenvalue weighted by Crippen LogP contribution is -2.52. The molecular weight excluding hydrogens is 611 g/mol. The summed E-state index contributed by atoms with van der Waals surface area (Å²) in [5, 5.41) is 19.5. The third kappa shape index (κ3) is 4.73. The summed E-state index contributed by atoms with van der Waals surface area (Å²) >= 11 is 0. The molecule has 244 valence electrons. The van der Waals surface area contributed by atoms with Crippen molar-refractivity contribution >= 4 is 23.4 Å². The zero-order valence-electron chi connectivity index (χ0n) is 26.0. The molecule has 0 saturated heterocycles. The molecule has 5 atom stereocenters. The Kier molecular flexibility index (Phi) is 7.08. The number of oxazole rings is 2. The number of primary amides is 1. The number of fused-ring (bicyclic) bond motifs is 4. The van der Waals surface area contributed by atoms with Gasteiger partial charge < -0.3 is 40.4 Å². The number of carbonyl (C=O) groups excluding carboxylic acids is 3. The van der Waals surface area contributed by atoms with Gasteiger partial charge in [-0.05, 0) is 41.7 Å². The summed E-state index contributed by atoms with van der Waals surface area (Å²) < 4.78 is 33.9. The van der Waals surface area contributed by atoms with Crippen LogP contribution in [0.3, 0.4) is 0 Å². The number of anilines is 1. The Morgan fingerprint density at radius 1 is 1.11 bits per heavy atom. The van der Waals surface area contributed by atoms with E-state index in [1.807, 2.05) is 19.9 Å². The molecule has 3 amide bonds. The van der Waals surface area contributed by atoms with Crippen LogP contribution >= 0.6 is 0 Å². The number of carbonyl (C=O) groups is 3. The Hall–Kier alpha value is -5.24. The van der Waals surface area contributed by atoms with E-state index in [1.165, 1.54) is 12.1 Å². The van der Waals surface area contributed by atoms with Gasteiger partial charge in [-0.2, -0.15) is 0 Å². The molecule has 0 saturated carbocycles. The number of halogens is 1. The van der Waals surface area contributed by atoms with Crippen molar-refractivity contribution < 1.29 is 37.5 Å². The number of ether oxygens (including phenoxy) is 1. The maximum Gasteiger partial charge on any atom is 0.270 e. The molecule has 4 bridgehead atoms. The largest absolute Gasteiger partial charge is 0.469 e. The second-order valence-corrected chi connectivity index (χ2v) is 12.8. The lowest BCUT2D eigenvalue weighted by molar-refractivity contribution is -0.135. The monoisotopic (exact) mass is 644 g/mol. The number of nitrogens with one attached hydrogen (secondary N) is 3. The van der Waals surface area contributed by atoms with Gasteiger partial charge in [0.25, 0.3) is 5.91 Å². The highest BCUT2D eigenvalue weighted by Gasteiger charge is 2.61. The van der Waals surface area contributed by atoms with Crippen molar-refractivity contribution in [3.63, 3.8) is 0 Å². The molecule has 47 heavy (non-hydrogen) atoms. The van der Waals surface area contributed by atoms with E-state index in [4.69, 9.17) is 24.3 Å². The van der Waals surface area contributed by atoms with Crippen molar-refractivity contribution in [3.8, 4) is 17.3 Å². The highest BCUT2D eigenvalue weighted by atomic mass is 19.1. The molecule has 0 aliphatic carbocycles. The van der Waals surface area contributed by atoms with Crippen LogP contribution in [0.25, 0.3) is 11.6 Å². The quantitative estimate of drug-likeness (QED) is 0.208. The van der Waals surface area contributed by atoms with E-state index in [-0.39, 0.29) is 47.2 Å². The minimum absolute atomic E-state index is 0.0611. The van der Waals surface area contributed by atoms with Gasteiger partial charge in [0.15, 0.2) is 23.4 Å². The number of benzene rings is 2. The first-order valence-corrected chi connectivity index (χ1v) is 15.3. The molecule has 0 unspecified atom stereocenters. The average Bonchev–Trinajstić information content (AvgIpc) is 3.79. The van der Waals surface area contributed by atoms with Crippen LogP contribution < -0.4 is 26.4 Å². The van der Waals surface area contributed by atoms with E-state index in [0.29, 0.717) is 28.1 Å². The minimum Gasteiger partial charge on any atom is -0.469 e. The fourth-order valence-electron chi connectivity index (χ4n) is 6.52. The van der Waals surface area contributed by atoms with Crippen LogP contribution in [-0.4, -0.2) is 51.2 Å². The normalized spacial score (nSPS) is 23.1. The van der Waals surface area contributed by atoms with E-state index >= 15 is 4.39 Å². The van der Waals surface area contributed by atoms with Crippen LogP contribution in [0.2, 0.25) is 0 Å². The van der Waals surface area contributed by atoms with Crippen LogP contribution in [0.5, 0.6) is 5.75 Å². The Balaban J connectivity index is 1.50. The topological polar surface area (TPSA) is 195 Å². The number of hydrogen-bond donors (Lipinski definition) is 5. The molecule has 6 N–H and O–H groups in total. The van der Waals surface area contributed by atoms with Crippen LogP contribution in [0.15, 0.2) is 51.5 Å². The summed E-state index contributed by atoms with van der Waals surface area (Å²) in [7, 11) is 0. The maximum absolute atomic E-state index is 15.1. The van der Waals surface area contributed by atoms with E-state index in [2.05, 4.69) is 20.9 Å². The van der Waals surface area contributed by atoms with Crippen LogP contribution in [0, 0.1) is 17.7 Å². The van der Waals surface area contributed by atoms with Gasteiger partial charge in [-0.1, -0.05) is 39.8 Å². The second-order valence-electron chi connectivity index (χ2n) is 12.8. The number of hydrogen-bond acceptors (Lipinski definition) is 10. The first kappa shape index (κ1) is 30.4. The van der Waals surface area contributed by atoms with Crippen LogP contribution in [0.1, 0.15) is 72.6 Å². The summed E-state index contributed by atoms with van der Waals surface area (Å²) in [6.07, 6.45) is -0.994. The molecular formula is C33H33FN6O7. The minimum atomic E-state index is -1.35. The number of nitrogens with two attached hydrogens (primary N) is 1. The predicted molar refractivity (Wildman–Crippen MR) is 163 cm³/mol.